The molecule has 21 heavy (non-hydrogen) atoms. The molecule has 108 valence electrons. The molecule has 1 aromatic heterocycles. The molecule has 1 unspecified atom stereocenters. The lowest BCUT2D eigenvalue weighted by Crippen LogP contribution is -2.24. The highest BCUT2D eigenvalue weighted by molar-refractivity contribution is 6.31. The first-order valence-corrected chi connectivity index (χ1v) is 6.70. The molecule has 2 N–H and O–H groups in total. The second-order valence-electron chi connectivity index (χ2n) is 4.68. The number of methoxy groups -OCH3 is 1. The third-order valence-corrected chi connectivity index (χ3v) is 3.81. The van der Waals surface area contributed by atoms with Crippen LogP contribution in [0, 0.1) is 0 Å². The summed E-state index contributed by atoms with van der Waals surface area (Å²) < 4.78 is 4.75. The second-order valence-corrected chi connectivity index (χ2v) is 5.09. The highest BCUT2D eigenvalue weighted by atomic mass is 35.5. The maximum atomic E-state index is 11.9. The standard InChI is InChI=1S/C14H12ClN3O3/c1-21-14(20)12-11-8(7-4-2-3-5-9(7)15)6-10(19)16-13(11)18-17-12/h2-5,8H,6H2,1H3,(H2,16,17,18,19). The smallest absolute Gasteiger partial charge is 0.356 e. The fraction of sp³-hybridized carbons (Fsp3) is 0.214. The zero-order valence-electron chi connectivity index (χ0n) is 11.1. The average molecular weight is 306 g/mol. The molecule has 0 fully saturated rings. The number of carbonyl (C=O) groups excluding carboxylic acids is 2. The number of amides is 1. The zero-order valence-corrected chi connectivity index (χ0v) is 11.9. The summed E-state index contributed by atoms with van der Waals surface area (Å²) >= 11 is 6.23. The van der Waals surface area contributed by atoms with Gasteiger partial charge in [-0.3, -0.25) is 9.89 Å². The number of aromatic amines is 1. The molecule has 1 aliphatic heterocycles. The lowest BCUT2D eigenvalue weighted by atomic mass is 9.85. The number of aromatic nitrogens is 2. The van der Waals surface area contributed by atoms with Crippen molar-refractivity contribution in [3.05, 3.63) is 46.1 Å². The third-order valence-electron chi connectivity index (χ3n) is 3.47. The molecule has 2 heterocycles. The fourth-order valence-electron chi connectivity index (χ4n) is 2.54. The number of fused-ring (bicyclic) bond motifs is 1. The Kier molecular flexibility index (Phi) is 3.39. The van der Waals surface area contributed by atoms with Gasteiger partial charge in [0.1, 0.15) is 5.69 Å². The Morgan fingerprint density at radius 2 is 2.19 bits per heavy atom. The molecule has 0 saturated heterocycles. The van der Waals surface area contributed by atoms with Crippen LogP contribution < -0.4 is 5.32 Å². The molecule has 7 heteroatoms. The molecule has 2 aromatic rings. The Bertz CT molecular complexity index is 726. The summed E-state index contributed by atoms with van der Waals surface area (Å²) in [5.74, 6) is -0.695. The van der Waals surface area contributed by atoms with Crippen molar-refractivity contribution in [1.29, 1.82) is 0 Å². The van der Waals surface area contributed by atoms with E-state index in [9.17, 15) is 9.59 Å². The van der Waals surface area contributed by atoms with Gasteiger partial charge in [-0.05, 0) is 11.6 Å². The maximum absolute atomic E-state index is 11.9. The van der Waals surface area contributed by atoms with E-state index in [1.54, 1.807) is 6.07 Å². The predicted molar refractivity (Wildman–Crippen MR) is 76.5 cm³/mol. The van der Waals surface area contributed by atoms with Crippen LogP contribution in [-0.4, -0.2) is 29.2 Å². The van der Waals surface area contributed by atoms with Gasteiger partial charge in [0.2, 0.25) is 5.91 Å². The van der Waals surface area contributed by atoms with Crippen molar-refractivity contribution in [2.45, 2.75) is 12.3 Å². The number of nitrogens with one attached hydrogen (secondary N) is 2. The van der Waals surface area contributed by atoms with Gasteiger partial charge in [-0.1, -0.05) is 29.8 Å². The van der Waals surface area contributed by atoms with Gasteiger partial charge in [0, 0.05) is 22.9 Å². The molecule has 1 aliphatic rings. The van der Waals surface area contributed by atoms with Gasteiger partial charge in [0.25, 0.3) is 0 Å². The maximum Gasteiger partial charge on any atom is 0.356 e. The number of anilines is 1. The number of H-pyrrole nitrogens is 1. The van der Waals surface area contributed by atoms with Crippen LogP contribution in [0.1, 0.15) is 34.0 Å². The SMILES string of the molecule is COC(=O)c1[nH]nc2c1C(c1ccccc1Cl)CC(=O)N2. The molecular weight excluding hydrogens is 294 g/mol. The van der Waals surface area contributed by atoms with E-state index in [0.29, 0.717) is 16.4 Å². The van der Waals surface area contributed by atoms with Gasteiger partial charge in [0.05, 0.1) is 7.11 Å². The predicted octanol–water partition coefficient (Wildman–Crippen LogP) is 2.32. The minimum atomic E-state index is -0.531. The van der Waals surface area contributed by atoms with E-state index in [-0.39, 0.29) is 23.9 Å². The van der Waals surface area contributed by atoms with Gasteiger partial charge in [-0.25, -0.2) is 4.79 Å². The van der Waals surface area contributed by atoms with E-state index in [1.165, 1.54) is 7.11 Å². The monoisotopic (exact) mass is 305 g/mol. The summed E-state index contributed by atoms with van der Waals surface area (Å²) in [6.45, 7) is 0. The van der Waals surface area contributed by atoms with Crippen molar-refractivity contribution in [2.75, 3.05) is 12.4 Å². The fourth-order valence-corrected chi connectivity index (χ4v) is 2.80. The van der Waals surface area contributed by atoms with Gasteiger partial charge >= 0.3 is 5.97 Å². The first kappa shape index (κ1) is 13.6. The Balaban J connectivity index is 2.16. The summed E-state index contributed by atoms with van der Waals surface area (Å²) in [4.78, 5) is 23.7. The molecule has 1 atom stereocenters. The van der Waals surface area contributed by atoms with Gasteiger partial charge in [0.15, 0.2) is 5.82 Å². The zero-order chi connectivity index (χ0) is 15.0. The lowest BCUT2D eigenvalue weighted by Gasteiger charge is -2.23. The van der Waals surface area contributed by atoms with E-state index < -0.39 is 5.97 Å². The van der Waals surface area contributed by atoms with Crippen LogP contribution in [-0.2, 0) is 9.53 Å². The van der Waals surface area contributed by atoms with Crippen LogP contribution in [0.3, 0.4) is 0 Å². The number of esters is 1. The van der Waals surface area contributed by atoms with E-state index in [4.69, 9.17) is 16.3 Å². The number of carbonyl (C=O) groups is 2. The number of rotatable bonds is 2. The molecular formula is C14H12ClN3O3. The molecule has 1 amide bonds. The Morgan fingerprint density at radius 1 is 1.43 bits per heavy atom. The van der Waals surface area contributed by atoms with E-state index >= 15 is 0 Å². The number of ether oxygens (including phenoxy) is 1. The summed E-state index contributed by atoms with van der Waals surface area (Å²) in [7, 11) is 1.29. The van der Waals surface area contributed by atoms with Crippen LogP contribution in [0.5, 0.6) is 0 Å². The molecule has 3 rings (SSSR count). The number of nitrogens with zero attached hydrogens (tertiary/aromatic N) is 1. The second kappa shape index (κ2) is 5.21. The summed E-state index contributed by atoms with van der Waals surface area (Å²) in [6.07, 6.45) is 0.195. The van der Waals surface area contributed by atoms with E-state index in [0.717, 1.165) is 5.56 Å². The van der Waals surface area contributed by atoms with Crippen molar-refractivity contribution in [3.8, 4) is 0 Å². The van der Waals surface area contributed by atoms with Crippen molar-refractivity contribution < 1.29 is 14.3 Å². The molecule has 0 spiro atoms. The summed E-state index contributed by atoms with van der Waals surface area (Å²) in [5, 5.41) is 9.79. The van der Waals surface area contributed by atoms with Crippen LogP contribution >= 0.6 is 11.6 Å². The number of halogens is 1. The summed E-state index contributed by atoms with van der Waals surface area (Å²) in [6, 6.07) is 7.24. The first-order chi connectivity index (χ1) is 10.1. The number of hydrogen-bond acceptors (Lipinski definition) is 4. The van der Waals surface area contributed by atoms with Crippen LogP contribution in [0.4, 0.5) is 5.82 Å². The normalized spacial score (nSPS) is 17.0. The Morgan fingerprint density at radius 3 is 2.90 bits per heavy atom. The molecule has 0 saturated carbocycles. The highest BCUT2D eigenvalue weighted by Crippen LogP contribution is 2.40. The van der Waals surface area contributed by atoms with Crippen molar-refractivity contribution in [2.24, 2.45) is 0 Å². The van der Waals surface area contributed by atoms with Crippen LogP contribution in [0.15, 0.2) is 24.3 Å². The lowest BCUT2D eigenvalue weighted by molar-refractivity contribution is -0.116. The molecule has 0 radical (unpaired) electrons. The third kappa shape index (κ3) is 2.27. The van der Waals surface area contributed by atoms with Crippen molar-refractivity contribution >= 4 is 29.3 Å². The minimum absolute atomic E-state index is 0.171. The highest BCUT2D eigenvalue weighted by Gasteiger charge is 2.34. The van der Waals surface area contributed by atoms with Gasteiger partial charge < -0.3 is 10.1 Å². The first-order valence-electron chi connectivity index (χ1n) is 6.32. The molecule has 0 bridgehead atoms. The largest absolute Gasteiger partial charge is 0.464 e. The van der Waals surface area contributed by atoms with E-state index in [1.807, 2.05) is 18.2 Å². The Hall–Kier alpha value is -2.34. The van der Waals surface area contributed by atoms with Crippen molar-refractivity contribution in [1.82, 2.24) is 10.2 Å². The van der Waals surface area contributed by atoms with E-state index in [2.05, 4.69) is 15.5 Å². The number of benzene rings is 1. The Labute approximate surface area is 125 Å². The molecule has 1 aromatic carbocycles. The minimum Gasteiger partial charge on any atom is -0.464 e. The van der Waals surface area contributed by atoms with Crippen LogP contribution in [0.25, 0.3) is 0 Å². The quantitative estimate of drug-likeness (QED) is 0.834. The van der Waals surface area contributed by atoms with Gasteiger partial charge in [-0.15, -0.1) is 0 Å². The molecule has 0 aliphatic carbocycles. The number of hydrogen-bond donors (Lipinski definition) is 2. The molecule has 6 nitrogen and oxygen atoms in total. The van der Waals surface area contributed by atoms with Gasteiger partial charge in [-0.2, -0.15) is 5.10 Å². The van der Waals surface area contributed by atoms with Crippen molar-refractivity contribution in [3.63, 3.8) is 0 Å². The average Bonchev–Trinajstić information content (AvgIpc) is 2.90. The topological polar surface area (TPSA) is 84.1 Å². The summed E-state index contributed by atoms with van der Waals surface area (Å²) in [5.41, 5.74) is 1.62. The van der Waals surface area contributed by atoms with Crippen LogP contribution in [0.2, 0.25) is 5.02 Å².